The fourth-order valence-corrected chi connectivity index (χ4v) is 2.62. The Morgan fingerprint density at radius 3 is 3.12 bits per heavy atom. The average molecular weight is 233 g/mol. The largest absolute Gasteiger partial charge is 0.331 e. The monoisotopic (exact) mass is 233 g/mol. The maximum Gasteiger partial charge on any atom is 0.125 e. The van der Waals surface area contributed by atoms with Crippen LogP contribution in [0.15, 0.2) is 18.2 Å². The first-order chi connectivity index (χ1) is 8.25. The van der Waals surface area contributed by atoms with Crippen molar-refractivity contribution in [3.05, 3.63) is 29.8 Å². The van der Waals surface area contributed by atoms with Gasteiger partial charge in [0.2, 0.25) is 0 Å². The minimum absolute atomic E-state index is 0.200. The zero-order valence-electron chi connectivity index (χ0n) is 9.91. The predicted molar refractivity (Wildman–Crippen MR) is 65.5 cm³/mol. The highest BCUT2D eigenvalue weighted by Gasteiger charge is 2.20. The summed E-state index contributed by atoms with van der Waals surface area (Å²) < 4.78 is 15.2. The van der Waals surface area contributed by atoms with E-state index in [-0.39, 0.29) is 5.82 Å². The number of hydrogen-bond acceptors (Lipinski definition) is 2. The van der Waals surface area contributed by atoms with Crippen LogP contribution in [0.3, 0.4) is 0 Å². The summed E-state index contributed by atoms with van der Waals surface area (Å²) in [5.41, 5.74) is 1.76. The van der Waals surface area contributed by atoms with Crippen LogP contribution in [0.2, 0.25) is 0 Å². The van der Waals surface area contributed by atoms with Crippen molar-refractivity contribution in [2.75, 3.05) is 13.1 Å². The fourth-order valence-electron chi connectivity index (χ4n) is 2.62. The molecule has 1 N–H and O–H groups in total. The Morgan fingerprint density at radius 2 is 2.35 bits per heavy atom. The number of benzene rings is 1. The molecule has 3 nitrogen and oxygen atoms in total. The number of imidazole rings is 1. The second-order valence-electron chi connectivity index (χ2n) is 4.71. The highest BCUT2D eigenvalue weighted by atomic mass is 19.1. The van der Waals surface area contributed by atoms with Crippen LogP contribution in [-0.4, -0.2) is 22.6 Å². The van der Waals surface area contributed by atoms with Gasteiger partial charge in [0.05, 0.1) is 11.0 Å². The Morgan fingerprint density at radius 1 is 1.47 bits per heavy atom. The lowest BCUT2D eigenvalue weighted by Crippen LogP contribution is -2.29. The molecule has 2 heterocycles. The quantitative estimate of drug-likeness (QED) is 0.818. The molecule has 1 aromatic carbocycles. The third kappa shape index (κ3) is 1.82. The molecular weight excluding hydrogens is 217 g/mol. The first-order valence-electron chi connectivity index (χ1n) is 6.08. The van der Waals surface area contributed by atoms with Gasteiger partial charge in [0, 0.05) is 19.5 Å². The Bertz CT molecular complexity index is 541. The topological polar surface area (TPSA) is 29.9 Å². The van der Waals surface area contributed by atoms with E-state index in [2.05, 4.69) is 10.3 Å². The molecule has 1 fully saturated rings. The molecule has 1 atom stereocenters. The molecule has 0 amide bonds. The summed E-state index contributed by atoms with van der Waals surface area (Å²) in [5, 5.41) is 3.39. The normalized spacial score (nSPS) is 20.9. The first kappa shape index (κ1) is 10.7. The van der Waals surface area contributed by atoms with Crippen LogP contribution < -0.4 is 5.32 Å². The van der Waals surface area contributed by atoms with Crippen LogP contribution in [0.25, 0.3) is 11.0 Å². The Kier molecular flexibility index (Phi) is 2.59. The second kappa shape index (κ2) is 4.11. The third-order valence-corrected chi connectivity index (χ3v) is 3.54. The van der Waals surface area contributed by atoms with E-state index in [4.69, 9.17) is 0 Å². The van der Waals surface area contributed by atoms with Crippen LogP contribution in [0, 0.1) is 5.82 Å². The number of piperidine rings is 1. The van der Waals surface area contributed by atoms with Crippen LogP contribution in [-0.2, 0) is 7.05 Å². The molecular formula is C13H16FN3. The summed E-state index contributed by atoms with van der Waals surface area (Å²) in [4.78, 5) is 4.63. The molecule has 1 saturated heterocycles. The van der Waals surface area contributed by atoms with Crippen molar-refractivity contribution in [1.29, 1.82) is 0 Å². The van der Waals surface area contributed by atoms with E-state index >= 15 is 0 Å². The summed E-state index contributed by atoms with van der Waals surface area (Å²) in [6.07, 6.45) is 2.34. The molecule has 0 radical (unpaired) electrons. The van der Waals surface area contributed by atoms with Crippen molar-refractivity contribution in [2.24, 2.45) is 7.05 Å². The van der Waals surface area contributed by atoms with E-state index in [1.807, 2.05) is 11.6 Å². The highest BCUT2D eigenvalue weighted by molar-refractivity contribution is 5.76. The minimum atomic E-state index is -0.200. The van der Waals surface area contributed by atoms with Crippen LogP contribution >= 0.6 is 0 Å². The Hall–Kier alpha value is -1.42. The summed E-state index contributed by atoms with van der Waals surface area (Å²) in [7, 11) is 1.97. The van der Waals surface area contributed by atoms with Gasteiger partial charge in [0.15, 0.2) is 0 Å². The number of nitrogens with zero attached hydrogens (tertiary/aromatic N) is 2. The van der Waals surface area contributed by atoms with Crippen molar-refractivity contribution in [2.45, 2.75) is 18.8 Å². The number of aryl methyl sites for hydroxylation is 1. The predicted octanol–water partition coefficient (Wildman–Crippen LogP) is 2.18. The second-order valence-corrected chi connectivity index (χ2v) is 4.71. The Labute approximate surface area is 99.7 Å². The van der Waals surface area contributed by atoms with Gasteiger partial charge in [0.1, 0.15) is 11.6 Å². The number of nitrogens with one attached hydrogen (secondary N) is 1. The van der Waals surface area contributed by atoms with E-state index in [0.29, 0.717) is 5.92 Å². The standard InChI is InChI=1S/C13H16FN3/c1-17-12-7-10(14)4-5-11(12)16-13(17)9-3-2-6-15-8-9/h4-5,7,9,15H,2-3,6,8H2,1H3. The molecule has 4 heteroatoms. The Balaban J connectivity index is 2.07. The minimum Gasteiger partial charge on any atom is -0.331 e. The molecule has 3 rings (SSSR count). The zero-order valence-corrected chi connectivity index (χ0v) is 9.91. The van der Waals surface area contributed by atoms with Crippen molar-refractivity contribution < 1.29 is 4.39 Å². The summed E-state index contributed by atoms with van der Waals surface area (Å²) in [6, 6.07) is 4.78. The molecule has 0 saturated carbocycles. The van der Waals surface area contributed by atoms with Gasteiger partial charge in [-0.1, -0.05) is 0 Å². The summed E-state index contributed by atoms with van der Waals surface area (Å²) in [5.74, 6) is 1.32. The van der Waals surface area contributed by atoms with Gasteiger partial charge < -0.3 is 9.88 Å². The summed E-state index contributed by atoms with van der Waals surface area (Å²) in [6.45, 7) is 2.06. The zero-order chi connectivity index (χ0) is 11.8. The van der Waals surface area contributed by atoms with Gasteiger partial charge in [0.25, 0.3) is 0 Å². The first-order valence-corrected chi connectivity index (χ1v) is 6.08. The maximum atomic E-state index is 13.2. The molecule has 0 spiro atoms. The van der Waals surface area contributed by atoms with Crippen molar-refractivity contribution in [3.8, 4) is 0 Å². The SMILES string of the molecule is Cn1c(C2CCCNC2)nc2ccc(F)cc21. The van der Waals surface area contributed by atoms with Gasteiger partial charge in [-0.2, -0.15) is 0 Å². The van der Waals surface area contributed by atoms with Crippen molar-refractivity contribution in [3.63, 3.8) is 0 Å². The molecule has 1 aliphatic heterocycles. The molecule has 0 bridgehead atoms. The van der Waals surface area contributed by atoms with Gasteiger partial charge in [-0.3, -0.25) is 0 Å². The van der Waals surface area contributed by atoms with E-state index in [1.165, 1.54) is 12.5 Å². The van der Waals surface area contributed by atoms with E-state index in [0.717, 1.165) is 36.4 Å². The number of halogens is 1. The molecule has 1 aromatic heterocycles. The number of aromatic nitrogens is 2. The van der Waals surface area contributed by atoms with Crippen LogP contribution in [0.5, 0.6) is 0 Å². The fraction of sp³-hybridized carbons (Fsp3) is 0.462. The highest BCUT2D eigenvalue weighted by Crippen LogP contribution is 2.26. The van der Waals surface area contributed by atoms with E-state index in [9.17, 15) is 4.39 Å². The molecule has 2 aromatic rings. The lowest BCUT2D eigenvalue weighted by Gasteiger charge is -2.22. The third-order valence-electron chi connectivity index (χ3n) is 3.54. The van der Waals surface area contributed by atoms with Crippen LogP contribution in [0.4, 0.5) is 4.39 Å². The van der Waals surface area contributed by atoms with Gasteiger partial charge in [-0.25, -0.2) is 9.37 Å². The van der Waals surface area contributed by atoms with E-state index in [1.54, 1.807) is 12.1 Å². The molecule has 90 valence electrons. The smallest absolute Gasteiger partial charge is 0.125 e. The van der Waals surface area contributed by atoms with Crippen molar-refractivity contribution in [1.82, 2.24) is 14.9 Å². The van der Waals surface area contributed by atoms with Gasteiger partial charge in [-0.15, -0.1) is 0 Å². The van der Waals surface area contributed by atoms with Gasteiger partial charge >= 0.3 is 0 Å². The number of hydrogen-bond donors (Lipinski definition) is 1. The van der Waals surface area contributed by atoms with E-state index < -0.39 is 0 Å². The molecule has 0 aliphatic carbocycles. The van der Waals surface area contributed by atoms with Crippen molar-refractivity contribution >= 4 is 11.0 Å². The lowest BCUT2D eigenvalue weighted by atomic mass is 9.99. The van der Waals surface area contributed by atoms with Gasteiger partial charge in [-0.05, 0) is 37.6 Å². The molecule has 17 heavy (non-hydrogen) atoms. The average Bonchev–Trinajstić information content (AvgIpc) is 2.68. The maximum absolute atomic E-state index is 13.2. The summed E-state index contributed by atoms with van der Waals surface area (Å²) >= 11 is 0. The molecule has 1 unspecified atom stereocenters. The number of rotatable bonds is 1. The lowest BCUT2D eigenvalue weighted by molar-refractivity contribution is 0.440. The molecule has 1 aliphatic rings. The van der Waals surface area contributed by atoms with Crippen LogP contribution in [0.1, 0.15) is 24.6 Å². The number of fused-ring (bicyclic) bond motifs is 1.